The van der Waals surface area contributed by atoms with Gasteiger partial charge in [-0.1, -0.05) is 78.0 Å². The maximum atomic E-state index is 14.5. The third-order valence-electron chi connectivity index (χ3n) is 10.3. The molecule has 0 unspecified atom stereocenters. The van der Waals surface area contributed by atoms with Crippen LogP contribution in [0.15, 0.2) is 101 Å². The first-order chi connectivity index (χ1) is 26.8. The van der Waals surface area contributed by atoms with Gasteiger partial charge in [-0.2, -0.15) is 0 Å². The number of hydrogen-bond acceptors (Lipinski definition) is 8. The van der Waals surface area contributed by atoms with Crippen LogP contribution in [-0.2, 0) is 33.9 Å². The molecule has 10 nitrogen and oxygen atoms in total. The predicted molar refractivity (Wildman–Crippen MR) is 220 cm³/mol. The summed E-state index contributed by atoms with van der Waals surface area (Å²) in [5, 5.41) is 10.3. The summed E-state index contributed by atoms with van der Waals surface area (Å²) in [5.41, 5.74) is 18.8. The normalized spacial score (nSPS) is 19.4. The minimum Gasteiger partial charge on any atom is -0.350 e. The summed E-state index contributed by atoms with van der Waals surface area (Å²) in [6.07, 6.45) is 9.57. The first-order valence-corrected chi connectivity index (χ1v) is 20.2. The van der Waals surface area contributed by atoms with E-state index in [1.54, 1.807) is 13.2 Å². The second-order valence-electron chi connectivity index (χ2n) is 14.1. The lowest BCUT2D eigenvalue weighted by Gasteiger charge is -2.32. The first-order valence-electron chi connectivity index (χ1n) is 19.0. The highest BCUT2D eigenvalue weighted by molar-refractivity contribution is 7.99. The summed E-state index contributed by atoms with van der Waals surface area (Å²) < 4.78 is 0. The number of hydrogen-bond donors (Lipinski definition) is 5. The quantitative estimate of drug-likeness (QED) is 0.126. The van der Waals surface area contributed by atoms with Crippen LogP contribution in [0.3, 0.4) is 0 Å². The fourth-order valence-corrected chi connectivity index (χ4v) is 8.58. The van der Waals surface area contributed by atoms with Crippen LogP contribution in [0.25, 0.3) is 16.7 Å². The van der Waals surface area contributed by atoms with Gasteiger partial charge in [-0.3, -0.25) is 19.4 Å². The molecule has 0 fully saturated rings. The summed E-state index contributed by atoms with van der Waals surface area (Å²) >= 11 is 8.42. The molecule has 3 atom stereocenters. The monoisotopic (exact) mass is 779 g/mol. The molecule has 1 aromatic heterocycles. The third-order valence-corrected chi connectivity index (χ3v) is 12.1. The van der Waals surface area contributed by atoms with E-state index in [2.05, 4.69) is 57.3 Å². The Morgan fingerprint density at radius 1 is 0.836 bits per heavy atom. The van der Waals surface area contributed by atoms with E-state index in [-0.39, 0.29) is 24.3 Å². The Hall–Kier alpha value is -4.52. The number of pyridine rings is 1. The lowest BCUT2D eigenvalue weighted by molar-refractivity contribution is -0.142. The number of benzene rings is 3. The smallest absolute Gasteiger partial charge is 0.245 e. The van der Waals surface area contributed by atoms with Crippen LogP contribution in [0.1, 0.15) is 60.8 Å². The minimum absolute atomic E-state index is 0.203. The zero-order chi connectivity index (χ0) is 38.7. The van der Waals surface area contributed by atoms with Gasteiger partial charge in [0.2, 0.25) is 17.7 Å². The SMILES string of the molecule is CN1C(=O)[C@H](CCCCN)NC(=O)[C@H](CCCN)NCc2cc(-c3cccnc3)ccc2Sc2c(Cl)cccc2CNC(=O)[C@@H]1CC1=CCc2ccccc21. The highest BCUT2D eigenvalue weighted by Gasteiger charge is 2.35. The molecular formula is C43H50ClN7O3S. The van der Waals surface area contributed by atoms with Crippen molar-refractivity contribution < 1.29 is 14.4 Å². The van der Waals surface area contributed by atoms with Crippen molar-refractivity contribution in [3.8, 4) is 11.1 Å². The number of nitrogens with two attached hydrogens (primary N) is 2. The van der Waals surface area contributed by atoms with Crippen molar-refractivity contribution in [1.82, 2.24) is 25.8 Å². The number of allylic oxidation sites excluding steroid dienone is 1. The van der Waals surface area contributed by atoms with E-state index in [1.807, 2.05) is 48.7 Å². The van der Waals surface area contributed by atoms with Gasteiger partial charge in [0.1, 0.15) is 12.1 Å². The Kier molecular flexibility index (Phi) is 14.1. The van der Waals surface area contributed by atoms with Crippen molar-refractivity contribution in [3.05, 3.63) is 119 Å². The van der Waals surface area contributed by atoms with Gasteiger partial charge in [0, 0.05) is 48.7 Å². The number of rotatable bonds is 10. The van der Waals surface area contributed by atoms with Crippen LogP contribution in [0, 0.1) is 0 Å². The number of nitrogens with one attached hydrogen (secondary N) is 3. The molecule has 0 spiro atoms. The highest BCUT2D eigenvalue weighted by atomic mass is 35.5. The van der Waals surface area contributed by atoms with Crippen LogP contribution >= 0.6 is 23.4 Å². The van der Waals surface area contributed by atoms with E-state index in [4.69, 9.17) is 23.1 Å². The summed E-state index contributed by atoms with van der Waals surface area (Å²) in [7, 11) is 1.66. The molecule has 7 N–H and O–H groups in total. The topological polar surface area (TPSA) is 155 Å². The molecule has 0 radical (unpaired) electrons. The number of carbonyl (C=O) groups excluding carboxylic acids is 3. The molecule has 6 rings (SSSR count). The molecule has 2 heterocycles. The number of aromatic nitrogens is 1. The van der Waals surface area contributed by atoms with E-state index in [0.717, 1.165) is 49.6 Å². The van der Waals surface area contributed by atoms with Crippen molar-refractivity contribution in [2.24, 2.45) is 11.5 Å². The van der Waals surface area contributed by atoms with E-state index < -0.39 is 18.1 Å². The average molecular weight is 780 g/mol. The zero-order valence-electron chi connectivity index (χ0n) is 31.2. The van der Waals surface area contributed by atoms with Gasteiger partial charge >= 0.3 is 0 Å². The summed E-state index contributed by atoms with van der Waals surface area (Å²) in [5.74, 6) is -0.918. The Labute approximate surface area is 332 Å². The summed E-state index contributed by atoms with van der Waals surface area (Å²) in [4.78, 5) is 50.7. The van der Waals surface area contributed by atoms with Crippen molar-refractivity contribution in [2.45, 2.75) is 86.0 Å². The number of halogens is 1. The fourth-order valence-electron chi connectivity index (χ4n) is 7.21. The molecule has 1 aliphatic heterocycles. The van der Waals surface area contributed by atoms with Crippen LogP contribution < -0.4 is 27.4 Å². The van der Waals surface area contributed by atoms with Crippen molar-refractivity contribution in [1.29, 1.82) is 0 Å². The lowest BCUT2D eigenvalue weighted by Crippen LogP contribution is -2.56. The van der Waals surface area contributed by atoms with Crippen LogP contribution in [0.4, 0.5) is 0 Å². The number of fused-ring (bicyclic) bond motifs is 3. The second kappa shape index (κ2) is 19.4. The average Bonchev–Trinajstić information content (AvgIpc) is 3.62. The molecule has 55 heavy (non-hydrogen) atoms. The first kappa shape index (κ1) is 40.2. The maximum Gasteiger partial charge on any atom is 0.245 e. The Bertz CT molecular complexity index is 2010. The third kappa shape index (κ3) is 10.0. The molecule has 0 bridgehead atoms. The van der Waals surface area contributed by atoms with Gasteiger partial charge in [0.05, 0.1) is 11.1 Å². The van der Waals surface area contributed by atoms with Crippen LogP contribution in [-0.4, -0.2) is 65.9 Å². The summed E-state index contributed by atoms with van der Waals surface area (Å²) in [6.45, 7) is 1.44. The molecule has 0 saturated carbocycles. The van der Waals surface area contributed by atoms with Crippen molar-refractivity contribution in [3.63, 3.8) is 0 Å². The van der Waals surface area contributed by atoms with Crippen molar-refractivity contribution in [2.75, 3.05) is 20.1 Å². The van der Waals surface area contributed by atoms with Crippen LogP contribution in [0.5, 0.6) is 0 Å². The minimum atomic E-state index is -0.860. The predicted octanol–water partition coefficient (Wildman–Crippen LogP) is 5.85. The van der Waals surface area contributed by atoms with Gasteiger partial charge in [-0.15, -0.1) is 0 Å². The number of unbranched alkanes of at least 4 members (excludes halogenated alkanes) is 1. The molecular weight excluding hydrogens is 730 g/mol. The second-order valence-corrected chi connectivity index (χ2v) is 15.5. The Morgan fingerprint density at radius 3 is 2.44 bits per heavy atom. The zero-order valence-corrected chi connectivity index (χ0v) is 32.8. The lowest BCUT2D eigenvalue weighted by atomic mass is 9.97. The van der Waals surface area contributed by atoms with E-state index in [1.165, 1.54) is 22.2 Å². The number of amides is 3. The highest BCUT2D eigenvalue weighted by Crippen LogP contribution is 2.39. The molecule has 4 aromatic rings. The Morgan fingerprint density at radius 2 is 1.64 bits per heavy atom. The molecule has 2 aliphatic rings. The van der Waals surface area contributed by atoms with E-state index >= 15 is 0 Å². The standard InChI is InChI=1S/C43H50ClN7O3S/c1-51-38(24-30-17-16-28-9-2-3-12-34(28)30)42(53)49-26-32-10-6-13-35(44)40(32)55-39-19-18-29(31-11-8-22-47-25-31)23-33(39)27-48-36(15-7-21-46)41(52)50-37(43(51)54)14-4-5-20-45/h2-3,6,8-13,17-19,22-23,25,36-38,48H,4-5,7,14-16,20-21,24,26-27,45-46H2,1H3,(H,49,53)(H,50,52)/t36-,37-,38-/m0/s1. The molecule has 3 aromatic carbocycles. The number of nitrogens with zero attached hydrogens (tertiary/aromatic N) is 2. The van der Waals surface area contributed by atoms with E-state index in [0.29, 0.717) is 63.2 Å². The number of carbonyl (C=O) groups is 3. The molecule has 0 saturated heterocycles. The largest absolute Gasteiger partial charge is 0.350 e. The van der Waals surface area contributed by atoms with E-state index in [9.17, 15) is 14.4 Å². The van der Waals surface area contributed by atoms with Crippen LogP contribution in [0.2, 0.25) is 5.02 Å². The molecule has 12 heteroatoms. The summed E-state index contributed by atoms with van der Waals surface area (Å²) in [6, 6.07) is 21.6. The molecule has 288 valence electrons. The number of likely N-dealkylation sites (N-methyl/N-ethyl adjacent to an activating group) is 1. The Balaban J connectivity index is 1.41. The van der Waals surface area contributed by atoms with Gasteiger partial charge < -0.3 is 32.3 Å². The van der Waals surface area contributed by atoms with Gasteiger partial charge in [0.15, 0.2) is 0 Å². The van der Waals surface area contributed by atoms with Gasteiger partial charge in [-0.25, -0.2) is 0 Å². The molecule has 3 amide bonds. The maximum absolute atomic E-state index is 14.5. The van der Waals surface area contributed by atoms with Crippen molar-refractivity contribution >= 4 is 46.7 Å². The molecule has 1 aliphatic carbocycles. The van der Waals surface area contributed by atoms with Gasteiger partial charge in [-0.05, 0) is 115 Å². The van der Waals surface area contributed by atoms with Gasteiger partial charge in [0.25, 0.3) is 0 Å². The fraction of sp³-hybridized carbons (Fsp3) is 0.349.